The summed E-state index contributed by atoms with van der Waals surface area (Å²) in [7, 11) is 0. The monoisotopic (exact) mass is 235 g/mol. The van der Waals surface area contributed by atoms with Gasteiger partial charge in [-0.2, -0.15) is 0 Å². The Labute approximate surface area is 101 Å². The molecule has 1 atom stereocenters. The highest BCUT2D eigenvalue weighted by Crippen LogP contribution is 2.33. The molecular formula is C13H17NO3. The van der Waals surface area contributed by atoms with E-state index in [1.807, 2.05) is 24.3 Å². The van der Waals surface area contributed by atoms with E-state index in [4.69, 9.17) is 9.47 Å². The minimum Gasteiger partial charge on any atom is -0.454 e. The second-order valence-corrected chi connectivity index (χ2v) is 3.91. The van der Waals surface area contributed by atoms with Crippen LogP contribution in [0.25, 0.3) is 0 Å². The van der Waals surface area contributed by atoms with Crippen molar-refractivity contribution >= 4 is 0 Å². The number of ether oxygens (including phenoxy) is 2. The highest BCUT2D eigenvalue weighted by atomic mass is 16.7. The lowest BCUT2D eigenvalue weighted by atomic mass is 10.1. The molecule has 0 fully saturated rings. The third-order valence-electron chi connectivity index (χ3n) is 2.64. The summed E-state index contributed by atoms with van der Waals surface area (Å²) in [6.07, 6.45) is 2.21. The van der Waals surface area contributed by atoms with Crippen molar-refractivity contribution in [1.82, 2.24) is 5.32 Å². The van der Waals surface area contributed by atoms with E-state index in [-0.39, 0.29) is 6.79 Å². The molecule has 0 saturated heterocycles. The van der Waals surface area contributed by atoms with E-state index >= 15 is 0 Å². The van der Waals surface area contributed by atoms with Crippen LogP contribution in [0.3, 0.4) is 0 Å². The Bertz CT molecular complexity index is 392. The number of fused-ring (bicyclic) bond motifs is 1. The van der Waals surface area contributed by atoms with Crippen LogP contribution in [0.5, 0.6) is 11.5 Å². The Kier molecular flexibility index (Phi) is 4.01. The smallest absolute Gasteiger partial charge is 0.231 e. The molecule has 0 bridgehead atoms. The molecule has 0 amide bonds. The summed E-state index contributed by atoms with van der Waals surface area (Å²) in [5.41, 5.74) is 0.834. The zero-order valence-electron chi connectivity index (χ0n) is 9.69. The average Bonchev–Trinajstić information content (AvgIpc) is 2.81. The normalized spacial score (nSPS) is 14.6. The van der Waals surface area contributed by atoms with Crippen LogP contribution >= 0.6 is 0 Å². The molecule has 4 nitrogen and oxygen atoms in total. The molecule has 1 heterocycles. The Morgan fingerprint density at radius 3 is 3.06 bits per heavy atom. The summed E-state index contributed by atoms with van der Waals surface area (Å²) in [5.74, 6) is 1.44. The van der Waals surface area contributed by atoms with Crippen LogP contribution in [0.15, 0.2) is 30.9 Å². The molecule has 92 valence electrons. The van der Waals surface area contributed by atoms with Crippen molar-refractivity contribution in [2.45, 2.75) is 12.5 Å². The number of hydrogen-bond acceptors (Lipinski definition) is 4. The molecule has 0 aromatic heterocycles. The van der Waals surface area contributed by atoms with Crippen molar-refractivity contribution in [2.24, 2.45) is 0 Å². The lowest BCUT2D eigenvalue weighted by Crippen LogP contribution is -2.22. The summed E-state index contributed by atoms with van der Waals surface area (Å²) >= 11 is 0. The molecule has 0 aliphatic carbocycles. The fraction of sp³-hybridized carbons (Fsp3) is 0.385. The average molecular weight is 235 g/mol. The topological polar surface area (TPSA) is 50.7 Å². The lowest BCUT2D eigenvalue weighted by molar-refractivity contribution is 0.170. The standard InChI is InChI=1S/C13H17NO3/c1-2-3-6-14-8-11(15)10-4-5-12-13(7-10)17-9-16-12/h2,4-5,7,11,14-15H,1,3,6,8-9H2. The van der Waals surface area contributed by atoms with E-state index in [0.29, 0.717) is 12.3 Å². The van der Waals surface area contributed by atoms with Gasteiger partial charge in [-0.05, 0) is 30.7 Å². The lowest BCUT2D eigenvalue weighted by Gasteiger charge is -2.12. The summed E-state index contributed by atoms with van der Waals surface area (Å²) < 4.78 is 10.5. The van der Waals surface area contributed by atoms with Crippen molar-refractivity contribution in [3.05, 3.63) is 36.4 Å². The molecule has 0 spiro atoms. The molecular weight excluding hydrogens is 218 g/mol. The quantitative estimate of drug-likeness (QED) is 0.581. The maximum Gasteiger partial charge on any atom is 0.231 e. The van der Waals surface area contributed by atoms with Gasteiger partial charge >= 0.3 is 0 Å². The Hall–Kier alpha value is -1.52. The Morgan fingerprint density at radius 1 is 1.41 bits per heavy atom. The molecule has 0 saturated carbocycles. The second kappa shape index (κ2) is 5.70. The van der Waals surface area contributed by atoms with Crippen LogP contribution in [0.2, 0.25) is 0 Å². The zero-order chi connectivity index (χ0) is 12.1. The molecule has 1 unspecified atom stereocenters. The summed E-state index contributed by atoms with van der Waals surface area (Å²) in [5, 5.41) is 13.1. The van der Waals surface area contributed by atoms with Gasteiger partial charge in [-0.1, -0.05) is 12.1 Å². The van der Waals surface area contributed by atoms with E-state index in [2.05, 4.69) is 11.9 Å². The SMILES string of the molecule is C=CCCNCC(O)c1ccc2c(c1)OCO2. The maximum atomic E-state index is 9.97. The van der Waals surface area contributed by atoms with E-state index in [9.17, 15) is 5.11 Å². The first kappa shape index (κ1) is 12.0. The maximum absolute atomic E-state index is 9.97. The van der Waals surface area contributed by atoms with Crippen LogP contribution in [0.1, 0.15) is 18.1 Å². The third-order valence-corrected chi connectivity index (χ3v) is 2.64. The van der Waals surface area contributed by atoms with Crippen LogP contribution in [-0.2, 0) is 0 Å². The van der Waals surface area contributed by atoms with Gasteiger partial charge in [0, 0.05) is 6.54 Å². The number of aliphatic hydroxyl groups excluding tert-OH is 1. The largest absolute Gasteiger partial charge is 0.454 e. The van der Waals surface area contributed by atoms with Gasteiger partial charge in [-0.3, -0.25) is 0 Å². The number of rotatable bonds is 6. The van der Waals surface area contributed by atoms with Gasteiger partial charge in [0.25, 0.3) is 0 Å². The van der Waals surface area contributed by atoms with E-state index in [1.165, 1.54) is 0 Å². The van der Waals surface area contributed by atoms with Crippen LogP contribution in [0, 0.1) is 0 Å². The fourth-order valence-electron chi connectivity index (χ4n) is 1.68. The molecule has 1 aromatic carbocycles. The Morgan fingerprint density at radius 2 is 2.24 bits per heavy atom. The van der Waals surface area contributed by atoms with Crippen molar-refractivity contribution in [2.75, 3.05) is 19.9 Å². The van der Waals surface area contributed by atoms with Crippen molar-refractivity contribution in [3.63, 3.8) is 0 Å². The molecule has 17 heavy (non-hydrogen) atoms. The number of benzene rings is 1. The molecule has 1 aliphatic rings. The number of hydrogen-bond donors (Lipinski definition) is 2. The summed E-state index contributed by atoms with van der Waals surface area (Å²) in [6, 6.07) is 5.50. The minimum atomic E-state index is -0.533. The van der Waals surface area contributed by atoms with Gasteiger partial charge in [0.1, 0.15) is 0 Å². The number of nitrogens with one attached hydrogen (secondary N) is 1. The van der Waals surface area contributed by atoms with Gasteiger partial charge in [0.2, 0.25) is 6.79 Å². The molecule has 1 aromatic rings. The third kappa shape index (κ3) is 2.99. The van der Waals surface area contributed by atoms with Gasteiger partial charge < -0.3 is 19.9 Å². The van der Waals surface area contributed by atoms with Crippen molar-refractivity contribution < 1.29 is 14.6 Å². The van der Waals surface area contributed by atoms with Crippen molar-refractivity contribution in [1.29, 1.82) is 0 Å². The molecule has 2 rings (SSSR count). The van der Waals surface area contributed by atoms with Crippen LogP contribution in [0.4, 0.5) is 0 Å². The summed E-state index contributed by atoms with van der Waals surface area (Å²) in [6.45, 7) is 5.24. The van der Waals surface area contributed by atoms with E-state index < -0.39 is 6.10 Å². The predicted octanol–water partition coefficient (Wildman–Crippen LogP) is 1.61. The van der Waals surface area contributed by atoms with Crippen molar-refractivity contribution in [3.8, 4) is 11.5 Å². The van der Waals surface area contributed by atoms with E-state index in [0.717, 1.165) is 24.3 Å². The zero-order valence-corrected chi connectivity index (χ0v) is 9.69. The van der Waals surface area contributed by atoms with Crippen LogP contribution in [-0.4, -0.2) is 25.0 Å². The fourth-order valence-corrected chi connectivity index (χ4v) is 1.68. The highest BCUT2D eigenvalue weighted by molar-refractivity contribution is 5.45. The highest BCUT2D eigenvalue weighted by Gasteiger charge is 2.16. The predicted molar refractivity (Wildman–Crippen MR) is 65.2 cm³/mol. The van der Waals surface area contributed by atoms with Gasteiger partial charge in [-0.15, -0.1) is 6.58 Å². The minimum absolute atomic E-state index is 0.256. The molecule has 1 aliphatic heterocycles. The first-order valence-electron chi connectivity index (χ1n) is 5.70. The first-order valence-corrected chi connectivity index (χ1v) is 5.70. The van der Waals surface area contributed by atoms with Gasteiger partial charge in [0.15, 0.2) is 11.5 Å². The second-order valence-electron chi connectivity index (χ2n) is 3.91. The van der Waals surface area contributed by atoms with Crippen LogP contribution < -0.4 is 14.8 Å². The number of aliphatic hydroxyl groups is 1. The van der Waals surface area contributed by atoms with Gasteiger partial charge in [0.05, 0.1) is 6.10 Å². The molecule has 0 radical (unpaired) electrons. The first-order chi connectivity index (χ1) is 8.31. The van der Waals surface area contributed by atoms with Gasteiger partial charge in [-0.25, -0.2) is 0 Å². The Balaban J connectivity index is 1.90. The molecule has 4 heteroatoms. The molecule has 2 N–H and O–H groups in total. The van der Waals surface area contributed by atoms with E-state index in [1.54, 1.807) is 0 Å². The summed E-state index contributed by atoms with van der Waals surface area (Å²) in [4.78, 5) is 0.